The summed E-state index contributed by atoms with van der Waals surface area (Å²) in [7, 11) is 1.89. The number of allylic oxidation sites excluding steroid dienone is 3. The summed E-state index contributed by atoms with van der Waals surface area (Å²) in [5, 5.41) is 8.04. The SMILES string of the molecule is CCC(C)=C(/C=C\NC)c1cn2nc(-c3ncc[nH]3)nc(Cl)c2c1C. The van der Waals surface area contributed by atoms with Gasteiger partial charge in [-0.1, -0.05) is 24.1 Å². The lowest BCUT2D eigenvalue weighted by atomic mass is 9.98. The molecule has 3 heterocycles. The monoisotopic (exact) mass is 356 g/mol. The molecular weight excluding hydrogens is 336 g/mol. The van der Waals surface area contributed by atoms with Crippen LogP contribution in [0.2, 0.25) is 5.15 Å². The van der Waals surface area contributed by atoms with Gasteiger partial charge < -0.3 is 10.3 Å². The first kappa shape index (κ1) is 17.2. The molecule has 0 aliphatic heterocycles. The summed E-state index contributed by atoms with van der Waals surface area (Å²) >= 11 is 6.46. The average Bonchev–Trinajstić information content (AvgIpc) is 3.24. The standard InChI is InChI=1S/C18H21ClN6/c1-5-11(2)13(6-7-20-4)14-10-25-15(12(14)3)16(19)23-18(24-25)17-21-8-9-22-17/h6-10,20H,5H2,1-4H3,(H,21,22)/b7-6-,13-11?. The highest BCUT2D eigenvalue weighted by Crippen LogP contribution is 2.31. The Bertz CT molecular complexity index is 950. The van der Waals surface area contributed by atoms with Gasteiger partial charge in [-0.25, -0.2) is 14.5 Å². The molecule has 0 aliphatic carbocycles. The minimum Gasteiger partial charge on any atom is -0.394 e. The molecular formula is C18H21ClN6. The van der Waals surface area contributed by atoms with E-state index in [2.05, 4.69) is 45.3 Å². The lowest BCUT2D eigenvalue weighted by Gasteiger charge is -2.07. The van der Waals surface area contributed by atoms with Gasteiger partial charge in [0.1, 0.15) is 5.52 Å². The van der Waals surface area contributed by atoms with Crippen LogP contribution in [0.3, 0.4) is 0 Å². The Morgan fingerprint density at radius 2 is 2.24 bits per heavy atom. The van der Waals surface area contributed by atoms with Gasteiger partial charge >= 0.3 is 0 Å². The topological polar surface area (TPSA) is 70.9 Å². The van der Waals surface area contributed by atoms with E-state index in [1.54, 1.807) is 16.9 Å². The van der Waals surface area contributed by atoms with Crippen molar-refractivity contribution in [1.29, 1.82) is 0 Å². The highest BCUT2D eigenvalue weighted by Gasteiger charge is 2.17. The van der Waals surface area contributed by atoms with Crippen molar-refractivity contribution in [1.82, 2.24) is 29.9 Å². The third kappa shape index (κ3) is 3.17. The summed E-state index contributed by atoms with van der Waals surface area (Å²) in [6.07, 6.45) is 10.4. The quantitative estimate of drug-likeness (QED) is 0.678. The number of fused-ring (bicyclic) bond motifs is 1. The van der Waals surface area contributed by atoms with Gasteiger partial charge in [-0.3, -0.25) is 0 Å². The summed E-state index contributed by atoms with van der Waals surface area (Å²) in [5.74, 6) is 1.06. The highest BCUT2D eigenvalue weighted by molar-refractivity contribution is 6.33. The minimum atomic E-state index is 0.413. The van der Waals surface area contributed by atoms with Crippen molar-refractivity contribution in [2.24, 2.45) is 0 Å². The molecule has 25 heavy (non-hydrogen) atoms. The van der Waals surface area contributed by atoms with Crippen LogP contribution in [-0.2, 0) is 0 Å². The van der Waals surface area contributed by atoms with Gasteiger partial charge in [-0.2, -0.15) is 0 Å². The zero-order chi connectivity index (χ0) is 18.0. The van der Waals surface area contributed by atoms with E-state index < -0.39 is 0 Å². The van der Waals surface area contributed by atoms with E-state index in [-0.39, 0.29) is 0 Å². The van der Waals surface area contributed by atoms with Crippen LogP contribution in [0.4, 0.5) is 0 Å². The second-order valence-electron chi connectivity index (χ2n) is 5.79. The molecule has 7 heteroatoms. The maximum absolute atomic E-state index is 6.46. The normalized spacial score (nSPS) is 12.8. The van der Waals surface area contributed by atoms with E-state index in [0.29, 0.717) is 16.8 Å². The van der Waals surface area contributed by atoms with Crippen molar-refractivity contribution in [3.63, 3.8) is 0 Å². The van der Waals surface area contributed by atoms with Crippen molar-refractivity contribution >= 4 is 22.7 Å². The third-order valence-corrected chi connectivity index (χ3v) is 4.51. The van der Waals surface area contributed by atoms with E-state index >= 15 is 0 Å². The largest absolute Gasteiger partial charge is 0.394 e. The smallest absolute Gasteiger partial charge is 0.217 e. The van der Waals surface area contributed by atoms with E-state index in [0.717, 1.165) is 28.6 Å². The third-order valence-electron chi connectivity index (χ3n) is 4.25. The summed E-state index contributed by atoms with van der Waals surface area (Å²) in [6, 6.07) is 0. The number of aromatic amines is 1. The fourth-order valence-electron chi connectivity index (χ4n) is 2.76. The second-order valence-corrected chi connectivity index (χ2v) is 6.15. The van der Waals surface area contributed by atoms with E-state index in [1.807, 2.05) is 26.4 Å². The Kier molecular flexibility index (Phi) is 4.90. The number of aryl methyl sites for hydroxylation is 1. The zero-order valence-electron chi connectivity index (χ0n) is 14.8. The highest BCUT2D eigenvalue weighted by atomic mass is 35.5. The second kappa shape index (κ2) is 7.11. The molecule has 0 unspecified atom stereocenters. The molecule has 2 N–H and O–H groups in total. The van der Waals surface area contributed by atoms with E-state index in [9.17, 15) is 0 Å². The first-order valence-corrected chi connectivity index (χ1v) is 8.53. The van der Waals surface area contributed by atoms with Crippen LogP contribution in [0.15, 0.2) is 36.4 Å². The molecule has 0 aliphatic rings. The summed E-state index contributed by atoms with van der Waals surface area (Å²) in [4.78, 5) is 11.6. The lowest BCUT2D eigenvalue weighted by molar-refractivity contribution is 0.901. The van der Waals surface area contributed by atoms with Crippen LogP contribution in [-0.4, -0.2) is 31.6 Å². The predicted octanol–water partition coefficient (Wildman–Crippen LogP) is 4.00. The molecule has 0 radical (unpaired) electrons. The van der Waals surface area contributed by atoms with Crippen molar-refractivity contribution < 1.29 is 0 Å². The van der Waals surface area contributed by atoms with Gasteiger partial charge in [0.05, 0.1) is 0 Å². The van der Waals surface area contributed by atoms with Crippen molar-refractivity contribution in [3.05, 3.63) is 52.7 Å². The van der Waals surface area contributed by atoms with Crippen LogP contribution >= 0.6 is 11.6 Å². The number of hydrogen-bond acceptors (Lipinski definition) is 4. The summed E-state index contributed by atoms with van der Waals surface area (Å²) in [6.45, 7) is 6.33. The van der Waals surface area contributed by atoms with Crippen molar-refractivity contribution in [2.45, 2.75) is 27.2 Å². The van der Waals surface area contributed by atoms with Crippen molar-refractivity contribution in [3.8, 4) is 11.6 Å². The average molecular weight is 357 g/mol. The van der Waals surface area contributed by atoms with E-state index in [1.165, 1.54) is 5.57 Å². The number of imidazole rings is 1. The summed E-state index contributed by atoms with van der Waals surface area (Å²) in [5.41, 5.74) is 5.42. The Morgan fingerprint density at radius 1 is 1.44 bits per heavy atom. The summed E-state index contributed by atoms with van der Waals surface area (Å²) < 4.78 is 1.79. The fourth-order valence-corrected chi connectivity index (χ4v) is 3.07. The first-order valence-electron chi connectivity index (χ1n) is 8.16. The number of nitrogens with one attached hydrogen (secondary N) is 2. The van der Waals surface area contributed by atoms with Crippen LogP contribution < -0.4 is 5.32 Å². The van der Waals surface area contributed by atoms with Gasteiger partial charge in [0.25, 0.3) is 0 Å². The van der Waals surface area contributed by atoms with Gasteiger partial charge in [-0.05, 0) is 43.7 Å². The Morgan fingerprint density at radius 3 is 2.88 bits per heavy atom. The van der Waals surface area contributed by atoms with Gasteiger partial charge in [0, 0.05) is 31.2 Å². The van der Waals surface area contributed by atoms with Gasteiger partial charge in [0.2, 0.25) is 5.82 Å². The Hall–Kier alpha value is -2.60. The number of nitrogens with zero attached hydrogens (tertiary/aromatic N) is 4. The molecule has 0 saturated carbocycles. The predicted molar refractivity (Wildman–Crippen MR) is 101 cm³/mol. The molecule has 0 fully saturated rings. The molecule has 130 valence electrons. The Balaban J connectivity index is 2.22. The van der Waals surface area contributed by atoms with Gasteiger partial charge in [-0.15, -0.1) is 5.10 Å². The molecule has 0 spiro atoms. The molecule has 3 aromatic rings. The molecule has 0 aromatic carbocycles. The van der Waals surface area contributed by atoms with Crippen LogP contribution in [0, 0.1) is 6.92 Å². The van der Waals surface area contributed by atoms with Crippen LogP contribution in [0.25, 0.3) is 22.7 Å². The molecule has 0 saturated heterocycles. The van der Waals surface area contributed by atoms with Crippen molar-refractivity contribution in [2.75, 3.05) is 7.05 Å². The number of hydrogen-bond donors (Lipinski definition) is 2. The lowest BCUT2D eigenvalue weighted by Crippen LogP contribution is -1.99. The number of H-pyrrole nitrogens is 1. The van der Waals surface area contributed by atoms with Crippen LogP contribution in [0.1, 0.15) is 31.4 Å². The zero-order valence-corrected chi connectivity index (χ0v) is 15.5. The minimum absolute atomic E-state index is 0.413. The molecule has 0 atom stereocenters. The molecule has 6 nitrogen and oxygen atoms in total. The Labute approximate surface area is 151 Å². The maximum atomic E-state index is 6.46. The number of rotatable bonds is 5. The fraction of sp³-hybridized carbons (Fsp3) is 0.278. The number of aromatic nitrogens is 5. The van der Waals surface area contributed by atoms with E-state index in [4.69, 9.17) is 11.6 Å². The first-order chi connectivity index (χ1) is 12.1. The van der Waals surface area contributed by atoms with Crippen LogP contribution in [0.5, 0.6) is 0 Å². The molecule has 3 aromatic heterocycles. The maximum Gasteiger partial charge on any atom is 0.217 e. The molecule has 0 bridgehead atoms. The number of halogens is 1. The molecule has 0 amide bonds. The van der Waals surface area contributed by atoms with Gasteiger partial charge in [0.15, 0.2) is 11.0 Å². The molecule has 3 rings (SSSR count).